The van der Waals surface area contributed by atoms with Gasteiger partial charge in [-0.3, -0.25) is 0 Å². The van der Waals surface area contributed by atoms with Crippen molar-refractivity contribution in [2.45, 2.75) is 32.6 Å². The molecule has 4 rings (SSSR count). The van der Waals surface area contributed by atoms with E-state index in [9.17, 15) is 9.18 Å². The number of nitrogens with one attached hydrogen (secondary N) is 1. The van der Waals surface area contributed by atoms with Crippen LogP contribution in [0.15, 0.2) is 42.6 Å². The third-order valence-corrected chi connectivity index (χ3v) is 5.88. The van der Waals surface area contributed by atoms with E-state index in [1.54, 1.807) is 31.8 Å². The highest BCUT2D eigenvalue weighted by Gasteiger charge is 2.25. The molecule has 1 aliphatic rings. The highest BCUT2D eigenvalue weighted by molar-refractivity contribution is 5.90. The number of esters is 1. The molecule has 1 N–H and O–H groups in total. The van der Waals surface area contributed by atoms with Gasteiger partial charge in [0.25, 0.3) is 0 Å². The van der Waals surface area contributed by atoms with Gasteiger partial charge < -0.3 is 24.3 Å². The van der Waals surface area contributed by atoms with Crippen LogP contribution in [0.5, 0.6) is 5.75 Å². The Morgan fingerprint density at radius 1 is 1.21 bits per heavy atom. The summed E-state index contributed by atoms with van der Waals surface area (Å²) in [6, 6.07) is 11.6. The Kier molecular flexibility index (Phi) is 7.42. The van der Waals surface area contributed by atoms with E-state index in [0.717, 1.165) is 22.7 Å². The Balaban J connectivity index is 1.53. The molecule has 8 nitrogen and oxygen atoms in total. The third kappa shape index (κ3) is 5.20. The minimum absolute atomic E-state index is 0.277. The SMILES string of the molecule is CCOC(=O)c1c(CNCc2ccc(OC)cc2)nc(-c2ccc(N3CC[C@@H](F)C3)nc2)n1C. The topological polar surface area (TPSA) is 81.5 Å². The van der Waals surface area contributed by atoms with E-state index in [2.05, 4.69) is 10.3 Å². The normalized spacial score (nSPS) is 15.5. The molecule has 9 heteroatoms. The lowest BCUT2D eigenvalue weighted by molar-refractivity contribution is 0.0513. The second-order valence-electron chi connectivity index (χ2n) is 8.20. The van der Waals surface area contributed by atoms with Crippen LogP contribution >= 0.6 is 0 Å². The Morgan fingerprint density at radius 3 is 2.62 bits per heavy atom. The van der Waals surface area contributed by atoms with Gasteiger partial charge in [0.2, 0.25) is 0 Å². The number of aromatic nitrogens is 3. The number of nitrogens with zero attached hydrogens (tertiary/aromatic N) is 4. The van der Waals surface area contributed by atoms with Crippen molar-refractivity contribution in [1.82, 2.24) is 19.9 Å². The lowest BCUT2D eigenvalue weighted by Crippen LogP contribution is -2.20. The van der Waals surface area contributed by atoms with Crippen LogP contribution < -0.4 is 15.0 Å². The molecule has 0 amide bonds. The van der Waals surface area contributed by atoms with Crippen molar-refractivity contribution in [2.24, 2.45) is 7.05 Å². The monoisotopic (exact) mass is 467 g/mol. The minimum atomic E-state index is -0.809. The molecule has 0 bridgehead atoms. The van der Waals surface area contributed by atoms with Gasteiger partial charge in [0.15, 0.2) is 5.69 Å². The zero-order valence-corrected chi connectivity index (χ0v) is 19.8. The van der Waals surface area contributed by atoms with Crippen LogP contribution in [0.3, 0.4) is 0 Å². The Labute approximate surface area is 198 Å². The largest absolute Gasteiger partial charge is 0.497 e. The highest BCUT2D eigenvalue weighted by atomic mass is 19.1. The van der Waals surface area contributed by atoms with E-state index in [4.69, 9.17) is 14.5 Å². The van der Waals surface area contributed by atoms with E-state index in [0.29, 0.717) is 49.8 Å². The summed E-state index contributed by atoms with van der Waals surface area (Å²) in [5.41, 5.74) is 2.87. The van der Waals surface area contributed by atoms with Gasteiger partial charge in [0, 0.05) is 38.4 Å². The first-order valence-corrected chi connectivity index (χ1v) is 11.4. The Bertz CT molecular complexity index is 1110. The van der Waals surface area contributed by atoms with Crippen molar-refractivity contribution in [3.63, 3.8) is 0 Å². The molecule has 1 aliphatic heterocycles. The number of halogens is 1. The quantitative estimate of drug-likeness (QED) is 0.483. The smallest absolute Gasteiger partial charge is 0.356 e. The first kappa shape index (κ1) is 23.7. The molecular weight excluding hydrogens is 437 g/mol. The highest BCUT2D eigenvalue weighted by Crippen LogP contribution is 2.25. The number of carbonyl (C=O) groups is 1. The van der Waals surface area contributed by atoms with E-state index >= 15 is 0 Å². The van der Waals surface area contributed by atoms with Crippen LogP contribution in [-0.2, 0) is 24.9 Å². The van der Waals surface area contributed by atoms with Gasteiger partial charge in [0.05, 0.1) is 26.0 Å². The molecule has 3 heterocycles. The molecule has 1 saturated heterocycles. The third-order valence-electron chi connectivity index (χ3n) is 5.88. The van der Waals surface area contributed by atoms with Crippen molar-refractivity contribution in [3.05, 3.63) is 59.5 Å². The number of alkyl halides is 1. The number of hydrogen-bond acceptors (Lipinski definition) is 7. The lowest BCUT2D eigenvalue weighted by Gasteiger charge is -2.16. The Morgan fingerprint density at radius 2 is 2.00 bits per heavy atom. The van der Waals surface area contributed by atoms with Crippen molar-refractivity contribution in [1.29, 1.82) is 0 Å². The zero-order chi connectivity index (χ0) is 24.1. The summed E-state index contributed by atoms with van der Waals surface area (Å²) in [7, 11) is 3.43. The number of methoxy groups -OCH3 is 1. The maximum atomic E-state index is 13.5. The number of ether oxygens (including phenoxy) is 2. The van der Waals surface area contributed by atoms with Crippen LogP contribution in [0.4, 0.5) is 10.2 Å². The summed E-state index contributed by atoms with van der Waals surface area (Å²) < 4.78 is 25.8. The van der Waals surface area contributed by atoms with Crippen LogP contribution in [0.1, 0.15) is 35.1 Å². The fourth-order valence-corrected chi connectivity index (χ4v) is 4.09. The zero-order valence-electron chi connectivity index (χ0n) is 19.8. The van der Waals surface area contributed by atoms with Gasteiger partial charge >= 0.3 is 5.97 Å². The van der Waals surface area contributed by atoms with Crippen LogP contribution in [0.25, 0.3) is 11.4 Å². The summed E-state index contributed by atoms with van der Waals surface area (Å²) in [6.45, 7) is 4.09. The first-order valence-electron chi connectivity index (χ1n) is 11.4. The Hall–Kier alpha value is -3.46. The van der Waals surface area contributed by atoms with Crippen LogP contribution in [0, 0.1) is 0 Å². The van der Waals surface area contributed by atoms with Gasteiger partial charge in [-0.1, -0.05) is 12.1 Å². The number of rotatable bonds is 9. The second kappa shape index (κ2) is 10.6. The van der Waals surface area contributed by atoms with E-state index in [1.807, 2.05) is 41.3 Å². The fourth-order valence-electron chi connectivity index (χ4n) is 4.09. The molecule has 2 aromatic heterocycles. The molecule has 1 atom stereocenters. The van der Waals surface area contributed by atoms with Gasteiger partial charge in [-0.05, 0) is 43.2 Å². The molecule has 3 aromatic rings. The average molecular weight is 468 g/mol. The van der Waals surface area contributed by atoms with Crippen molar-refractivity contribution >= 4 is 11.8 Å². The van der Waals surface area contributed by atoms with E-state index < -0.39 is 12.1 Å². The molecule has 0 saturated carbocycles. The minimum Gasteiger partial charge on any atom is -0.497 e. The number of pyridine rings is 1. The fraction of sp³-hybridized carbons (Fsp3) is 0.400. The average Bonchev–Trinajstić information content (AvgIpc) is 3.43. The second-order valence-corrected chi connectivity index (χ2v) is 8.20. The molecule has 0 spiro atoms. The summed E-state index contributed by atoms with van der Waals surface area (Å²) in [6.07, 6.45) is 1.43. The molecular formula is C25H30FN5O3. The first-order chi connectivity index (χ1) is 16.5. The number of imidazole rings is 1. The van der Waals surface area contributed by atoms with Crippen LogP contribution in [-0.4, -0.2) is 53.5 Å². The maximum Gasteiger partial charge on any atom is 0.356 e. The molecule has 0 unspecified atom stereocenters. The van der Waals surface area contributed by atoms with E-state index in [1.165, 1.54) is 0 Å². The van der Waals surface area contributed by atoms with Crippen molar-refractivity contribution < 1.29 is 18.7 Å². The van der Waals surface area contributed by atoms with Gasteiger partial charge in [-0.2, -0.15) is 0 Å². The molecule has 0 aliphatic carbocycles. The molecule has 0 radical (unpaired) electrons. The molecule has 1 fully saturated rings. The maximum absolute atomic E-state index is 13.5. The lowest BCUT2D eigenvalue weighted by atomic mass is 10.2. The molecule has 180 valence electrons. The summed E-state index contributed by atoms with van der Waals surface area (Å²) >= 11 is 0. The number of anilines is 1. The summed E-state index contributed by atoms with van der Waals surface area (Å²) in [5, 5.41) is 3.35. The van der Waals surface area contributed by atoms with Crippen LogP contribution in [0.2, 0.25) is 0 Å². The van der Waals surface area contributed by atoms with E-state index in [-0.39, 0.29) is 6.61 Å². The molecule has 1 aromatic carbocycles. The predicted octanol–water partition coefficient (Wildman–Crippen LogP) is 3.51. The standard InChI is InChI=1S/C25H30FN5O3/c1-4-34-25(32)23-21(15-27-13-17-5-8-20(33-3)9-6-17)29-24(30(23)2)18-7-10-22(28-14-18)31-12-11-19(26)16-31/h5-10,14,19,27H,4,11-13,15-16H2,1-3H3/t19-/m1/s1. The molecule has 34 heavy (non-hydrogen) atoms. The summed E-state index contributed by atoms with van der Waals surface area (Å²) in [4.78, 5) is 23.9. The van der Waals surface area contributed by atoms with Crippen molar-refractivity contribution in [3.8, 4) is 17.1 Å². The van der Waals surface area contributed by atoms with Crippen molar-refractivity contribution in [2.75, 3.05) is 31.7 Å². The summed E-state index contributed by atoms with van der Waals surface area (Å²) in [5.74, 6) is 1.75. The number of hydrogen-bond donors (Lipinski definition) is 1. The predicted molar refractivity (Wildman–Crippen MR) is 128 cm³/mol. The van der Waals surface area contributed by atoms with Gasteiger partial charge in [-0.25, -0.2) is 19.2 Å². The number of benzene rings is 1. The number of carbonyl (C=O) groups excluding carboxylic acids is 1. The van der Waals surface area contributed by atoms with Gasteiger partial charge in [0.1, 0.15) is 23.6 Å². The van der Waals surface area contributed by atoms with Gasteiger partial charge in [-0.15, -0.1) is 0 Å².